The fourth-order valence-corrected chi connectivity index (χ4v) is 2.39. The molecule has 21 heavy (non-hydrogen) atoms. The van der Waals surface area contributed by atoms with Gasteiger partial charge in [0.15, 0.2) is 0 Å². The first kappa shape index (κ1) is 13.6. The average molecular weight is 285 g/mol. The van der Waals surface area contributed by atoms with Crippen molar-refractivity contribution in [2.45, 2.75) is 26.9 Å². The SMILES string of the molecule is CCNc1nc(OCC)nc(N2Cc3ccccc3C2)n1. The Labute approximate surface area is 124 Å². The highest BCUT2D eigenvalue weighted by molar-refractivity contribution is 5.45. The van der Waals surface area contributed by atoms with Crippen molar-refractivity contribution in [2.75, 3.05) is 23.4 Å². The lowest BCUT2D eigenvalue weighted by atomic mass is 10.1. The smallest absolute Gasteiger partial charge is 0.323 e. The summed E-state index contributed by atoms with van der Waals surface area (Å²) in [6.07, 6.45) is 0. The predicted molar refractivity (Wildman–Crippen MR) is 81.5 cm³/mol. The third kappa shape index (κ3) is 2.89. The minimum atomic E-state index is 0.370. The number of benzene rings is 1. The van der Waals surface area contributed by atoms with Gasteiger partial charge in [0.25, 0.3) is 0 Å². The van der Waals surface area contributed by atoms with E-state index in [4.69, 9.17) is 4.74 Å². The highest BCUT2D eigenvalue weighted by atomic mass is 16.5. The van der Waals surface area contributed by atoms with Crippen LogP contribution in [0.5, 0.6) is 6.01 Å². The van der Waals surface area contributed by atoms with Crippen LogP contribution in [0.2, 0.25) is 0 Å². The van der Waals surface area contributed by atoms with E-state index in [1.165, 1.54) is 11.1 Å². The van der Waals surface area contributed by atoms with E-state index < -0.39 is 0 Å². The molecule has 1 aliphatic heterocycles. The second-order valence-corrected chi connectivity index (χ2v) is 4.83. The summed E-state index contributed by atoms with van der Waals surface area (Å²) in [6.45, 7) is 6.86. The Kier molecular flexibility index (Phi) is 3.85. The monoisotopic (exact) mass is 285 g/mol. The molecule has 1 N–H and O–H groups in total. The molecule has 0 aliphatic carbocycles. The number of nitrogens with zero attached hydrogens (tertiary/aromatic N) is 4. The fourth-order valence-electron chi connectivity index (χ4n) is 2.39. The molecular formula is C15H19N5O. The van der Waals surface area contributed by atoms with E-state index in [2.05, 4.69) is 49.4 Å². The highest BCUT2D eigenvalue weighted by Gasteiger charge is 2.22. The van der Waals surface area contributed by atoms with Crippen LogP contribution in [0.15, 0.2) is 24.3 Å². The normalized spacial score (nSPS) is 13.1. The Hall–Kier alpha value is -2.37. The van der Waals surface area contributed by atoms with Crippen LogP contribution < -0.4 is 15.0 Å². The summed E-state index contributed by atoms with van der Waals surface area (Å²) in [5.41, 5.74) is 2.64. The van der Waals surface area contributed by atoms with Gasteiger partial charge in [-0.3, -0.25) is 0 Å². The van der Waals surface area contributed by atoms with Gasteiger partial charge < -0.3 is 15.0 Å². The summed E-state index contributed by atoms with van der Waals surface area (Å²) < 4.78 is 5.44. The number of aromatic nitrogens is 3. The standard InChI is InChI=1S/C15H19N5O/c1-3-16-13-17-14(19-15(18-13)21-4-2)20-9-11-7-5-6-8-12(11)10-20/h5-8H,3-4,9-10H2,1-2H3,(H,16,17,18,19). The first-order valence-electron chi connectivity index (χ1n) is 7.24. The number of nitrogens with one attached hydrogen (secondary N) is 1. The van der Waals surface area contributed by atoms with Gasteiger partial charge in [-0.05, 0) is 25.0 Å². The zero-order valence-corrected chi connectivity index (χ0v) is 12.3. The summed E-state index contributed by atoms with van der Waals surface area (Å²) in [5, 5.41) is 3.12. The van der Waals surface area contributed by atoms with E-state index in [9.17, 15) is 0 Å². The topological polar surface area (TPSA) is 63.2 Å². The molecule has 0 saturated carbocycles. The molecule has 0 fully saturated rings. The molecule has 1 aromatic carbocycles. The lowest BCUT2D eigenvalue weighted by molar-refractivity contribution is 0.312. The van der Waals surface area contributed by atoms with E-state index in [0.29, 0.717) is 24.5 Å². The average Bonchev–Trinajstić information content (AvgIpc) is 2.92. The largest absolute Gasteiger partial charge is 0.464 e. The minimum Gasteiger partial charge on any atom is -0.464 e. The van der Waals surface area contributed by atoms with Crippen molar-refractivity contribution in [1.82, 2.24) is 15.0 Å². The second kappa shape index (κ2) is 5.95. The van der Waals surface area contributed by atoms with Gasteiger partial charge in [-0.1, -0.05) is 24.3 Å². The van der Waals surface area contributed by atoms with Gasteiger partial charge in [0.1, 0.15) is 0 Å². The molecule has 0 amide bonds. The molecule has 6 nitrogen and oxygen atoms in total. The van der Waals surface area contributed by atoms with Crippen LogP contribution in [-0.2, 0) is 13.1 Å². The predicted octanol–water partition coefficient (Wildman–Crippen LogP) is 2.22. The van der Waals surface area contributed by atoms with Gasteiger partial charge in [0.2, 0.25) is 11.9 Å². The van der Waals surface area contributed by atoms with Gasteiger partial charge in [-0.15, -0.1) is 0 Å². The molecule has 0 saturated heterocycles. The van der Waals surface area contributed by atoms with Gasteiger partial charge in [-0.2, -0.15) is 15.0 Å². The molecule has 1 aromatic heterocycles. The summed E-state index contributed by atoms with van der Waals surface area (Å²) in [7, 11) is 0. The lowest BCUT2D eigenvalue weighted by Crippen LogP contribution is -2.19. The van der Waals surface area contributed by atoms with Crippen LogP contribution in [0.3, 0.4) is 0 Å². The fraction of sp³-hybridized carbons (Fsp3) is 0.400. The number of ether oxygens (including phenoxy) is 1. The number of fused-ring (bicyclic) bond motifs is 1. The van der Waals surface area contributed by atoms with E-state index >= 15 is 0 Å². The van der Waals surface area contributed by atoms with E-state index in [-0.39, 0.29) is 0 Å². The number of anilines is 2. The number of rotatable bonds is 5. The Bertz CT molecular complexity index is 582. The molecule has 1 aliphatic rings. The molecule has 6 heteroatoms. The van der Waals surface area contributed by atoms with Crippen molar-refractivity contribution in [3.05, 3.63) is 35.4 Å². The van der Waals surface area contributed by atoms with Gasteiger partial charge >= 0.3 is 6.01 Å². The zero-order valence-electron chi connectivity index (χ0n) is 12.3. The molecule has 0 unspecified atom stereocenters. The van der Waals surface area contributed by atoms with Crippen molar-refractivity contribution in [2.24, 2.45) is 0 Å². The Morgan fingerprint density at radius 3 is 2.43 bits per heavy atom. The molecule has 0 atom stereocenters. The van der Waals surface area contributed by atoms with Crippen LogP contribution in [0.4, 0.5) is 11.9 Å². The van der Waals surface area contributed by atoms with Gasteiger partial charge in [-0.25, -0.2) is 0 Å². The third-order valence-corrected chi connectivity index (χ3v) is 3.34. The van der Waals surface area contributed by atoms with E-state index in [1.54, 1.807) is 0 Å². The zero-order chi connectivity index (χ0) is 14.7. The number of hydrogen-bond donors (Lipinski definition) is 1. The van der Waals surface area contributed by atoms with Crippen LogP contribution in [-0.4, -0.2) is 28.1 Å². The maximum Gasteiger partial charge on any atom is 0.323 e. The summed E-state index contributed by atoms with van der Waals surface area (Å²) in [5.74, 6) is 1.21. The van der Waals surface area contributed by atoms with Crippen LogP contribution in [0.25, 0.3) is 0 Å². The quantitative estimate of drug-likeness (QED) is 0.909. The maximum absolute atomic E-state index is 5.44. The lowest BCUT2D eigenvalue weighted by Gasteiger charge is -2.16. The molecule has 3 rings (SSSR count). The molecular weight excluding hydrogens is 266 g/mol. The highest BCUT2D eigenvalue weighted by Crippen LogP contribution is 2.26. The molecule has 0 bridgehead atoms. The molecule has 2 heterocycles. The van der Waals surface area contributed by atoms with Crippen molar-refractivity contribution in [1.29, 1.82) is 0 Å². The summed E-state index contributed by atoms with van der Waals surface area (Å²) in [4.78, 5) is 15.3. The Balaban J connectivity index is 1.88. The third-order valence-electron chi connectivity index (χ3n) is 3.34. The molecule has 0 spiro atoms. The summed E-state index contributed by atoms with van der Waals surface area (Å²) >= 11 is 0. The maximum atomic E-state index is 5.44. The minimum absolute atomic E-state index is 0.370. The van der Waals surface area contributed by atoms with Crippen LogP contribution in [0, 0.1) is 0 Å². The van der Waals surface area contributed by atoms with Crippen molar-refractivity contribution in [3.8, 4) is 6.01 Å². The van der Waals surface area contributed by atoms with Gasteiger partial charge in [0, 0.05) is 19.6 Å². The van der Waals surface area contributed by atoms with Crippen LogP contribution >= 0.6 is 0 Å². The Morgan fingerprint density at radius 1 is 1.10 bits per heavy atom. The molecule has 2 aromatic rings. The van der Waals surface area contributed by atoms with Gasteiger partial charge in [0.05, 0.1) is 6.61 Å². The van der Waals surface area contributed by atoms with E-state index in [1.807, 2.05) is 13.8 Å². The Morgan fingerprint density at radius 2 is 1.81 bits per heavy atom. The molecule has 110 valence electrons. The molecule has 0 radical (unpaired) electrons. The van der Waals surface area contributed by atoms with Crippen molar-refractivity contribution >= 4 is 11.9 Å². The number of hydrogen-bond acceptors (Lipinski definition) is 6. The summed E-state index contributed by atoms with van der Waals surface area (Å²) in [6, 6.07) is 8.78. The van der Waals surface area contributed by atoms with E-state index in [0.717, 1.165) is 19.6 Å². The second-order valence-electron chi connectivity index (χ2n) is 4.83. The van der Waals surface area contributed by atoms with Crippen molar-refractivity contribution < 1.29 is 4.74 Å². The van der Waals surface area contributed by atoms with Crippen molar-refractivity contribution in [3.63, 3.8) is 0 Å². The first-order valence-corrected chi connectivity index (χ1v) is 7.24. The van der Waals surface area contributed by atoms with Crippen LogP contribution in [0.1, 0.15) is 25.0 Å². The first-order chi connectivity index (χ1) is 10.3.